The molecule has 1 unspecified atom stereocenters. The van der Waals surface area contributed by atoms with Gasteiger partial charge in [-0.3, -0.25) is 13.9 Å². The van der Waals surface area contributed by atoms with E-state index in [4.69, 9.17) is 11.6 Å². The van der Waals surface area contributed by atoms with E-state index in [1.54, 1.807) is 54.6 Å². The zero-order chi connectivity index (χ0) is 27.2. The summed E-state index contributed by atoms with van der Waals surface area (Å²) in [7, 11) is -2.57. The van der Waals surface area contributed by atoms with Crippen LogP contribution in [0.5, 0.6) is 0 Å². The quantitative estimate of drug-likeness (QED) is 0.403. The fourth-order valence-corrected chi connectivity index (χ4v) is 5.76. The average Bonchev–Trinajstić information content (AvgIpc) is 2.87. The number of nitrogens with zero attached hydrogens (tertiary/aromatic N) is 2. The first-order valence-electron chi connectivity index (χ1n) is 12.0. The zero-order valence-electron chi connectivity index (χ0n) is 21.4. The molecule has 0 bridgehead atoms. The van der Waals surface area contributed by atoms with E-state index in [2.05, 4.69) is 5.32 Å². The predicted molar refractivity (Wildman–Crippen MR) is 147 cm³/mol. The topological polar surface area (TPSA) is 86.8 Å². The van der Waals surface area contributed by atoms with Gasteiger partial charge >= 0.3 is 0 Å². The number of amides is 2. The van der Waals surface area contributed by atoms with Gasteiger partial charge < -0.3 is 10.2 Å². The highest BCUT2D eigenvalue weighted by atomic mass is 35.5. The average molecular weight is 542 g/mol. The summed E-state index contributed by atoms with van der Waals surface area (Å²) in [5.41, 5.74) is 2.88. The van der Waals surface area contributed by atoms with E-state index >= 15 is 0 Å². The van der Waals surface area contributed by atoms with Gasteiger partial charge in [-0.15, -0.1) is 0 Å². The van der Waals surface area contributed by atoms with E-state index in [0.717, 1.165) is 21.0 Å². The SMILES string of the molecule is CCC(C(=O)NC)N(Cc1ccc(Cl)cc1)C(=O)CN(c1cc(C)cc(C)c1)S(=O)(=O)c1ccccc1. The van der Waals surface area contributed by atoms with Gasteiger partial charge in [0, 0.05) is 18.6 Å². The van der Waals surface area contributed by atoms with E-state index < -0.39 is 28.5 Å². The van der Waals surface area contributed by atoms with Crippen LogP contribution in [0.25, 0.3) is 0 Å². The van der Waals surface area contributed by atoms with E-state index in [-0.39, 0.29) is 17.3 Å². The molecule has 0 heterocycles. The maximum atomic E-state index is 13.9. The van der Waals surface area contributed by atoms with Crippen molar-refractivity contribution in [3.8, 4) is 0 Å². The number of carbonyl (C=O) groups is 2. The standard InChI is InChI=1S/C28H32ClN3O4S/c1-5-26(28(34)30-4)31(18-22-11-13-23(29)14-12-22)27(33)19-32(24-16-20(2)15-21(3)17-24)37(35,36)25-9-7-6-8-10-25/h6-17,26H,5,18-19H2,1-4H3,(H,30,34). The molecule has 0 saturated heterocycles. The third kappa shape index (κ3) is 6.90. The van der Waals surface area contributed by atoms with Gasteiger partial charge in [0.25, 0.3) is 10.0 Å². The summed E-state index contributed by atoms with van der Waals surface area (Å²) < 4.78 is 28.7. The predicted octanol–water partition coefficient (Wildman–Crippen LogP) is 4.71. The number of anilines is 1. The molecule has 2 amide bonds. The summed E-state index contributed by atoms with van der Waals surface area (Å²) >= 11 is 6.03. The van der Waals surface area contributed by atoms with Crippen molar-refractivity contribution in [3.63, 3.8) is 0 Å². The van der Waals surface area contributed by atoms with Crippen LogP contribution in [-0.4, -0.2) is 44.8 Å². The number of likely N-dealkylation sites (N-methyl/N-ethyl adjacent to an activating group) is 1. The summed E-state index contributed by atoms with van der Waals surface area (Å²) in [5, 5.41) is 3.17. The number of aryl methyl sites for hydroxylation is 2. The number of halogens is 1. The summed E-state index contributed by atoms with van der Waals surface area (Å²) in [6.45, 7) is 5.20. The normalized spacial score (nSPS) is 12.0. The number of carbonyl (C=O) groups excluding carboxylic acids is 2. The van der Waals surface area contributed by atoms with Gasteiger partial charge in [0.15, 0.2) is 0 Å². The molecule has 3 aromatic carbocycles. The molecular formula is C28H32ClN3O4S. The van der Waals surface area contributed by atoms with Crippen LogP contribution in [0.3, 0.4) is 0 Å². The fourth-order valence-electron chi connectivity index (χ4n) is 4.22. The molecule has 3 rings (SSSR count). The minimum absolute atomic E-state index is 0.0737. The Balaban J connectivity index is 2.07. The van der Waals surface area contributed by atoms with E-state index in [1.807, 2.05) is 26.8 Å². The molecule has 0 aliphatic heterocycles. The zero-order valence-corrected chi connectivity index (χ0v) is 23.0. The molecule has 196 valence electrons. The second-order valence-corrected chi connectivity index (χ2v) is 11.2. The molecule has 0 aliphatic carbocycles. The van der Waals surface area contributed by atoms with Gasteiger partial charge in [-0.25, -0.2) is 8.42 Å². The molecule has 0 saturated carbocycles. The third-order valence-corrected chi connectivity index (χ3v) is 8.04. The molecule has 7 nitrogen and oxygen atoms in total. The number of hydrogen-bond acceptors (Lipinski definition) is 4. The molecular weight excluding hydrogens is 510 g/mol. The largest absolute Gasteiger partial charge is 0.357 e. The van der Waals surface area contributed by atoms with E-state index in [9.17, 15) is 18.0 Å². The van der Waals surface area contributed by atoms with Crippen molar-refractivity contribution in [2.45, 2.75) is 44.7 Å². The van der Waals surface area contributed by atoms with Crippen molar-refractivity contribution in [2.75, 3.05) is 17.9 Å². The Morgan fingerprint density at radius 3 is 2.08 bits per heavy atom. The monoisotopic (exact) mass is 541 g/mol. The highest BCUT2D eigenvalue weighted by Gasteiger charge is 2.33. The summed E-state index contributed by atoms with van der Waals surface area (Å²) in [5.74, 6) is -0.822. The fraction of sp³-hybridized carbons (Fsp3) is 0.286. The first-order chi connectivity index (χ1) is 17.6. The number of sulfonamides is 1. The van der Waals surface area contributed by atoms with Crippen LogP contribution in [0.2, 0.25) is 5.02 Å². The Bertz CT molecular complexity index is 1330. The molecule has 0 aromatic heterocycles. The van der Waals surface area contributed by atoms with Gasteiger partial charge in [-0.2, -0.15) is 0 Å². The van der Waals surface area contributed by atoms with Crippen molar-refractivity contribution in [1.29, 1.82) is 0 Å². The minimum Gasteiger partial charge on any atom is -0.357 e. The van der Waals surface area contributed by atoms with Gasteiger partial charge in [-0.1, -0.05) is 54.9 Å². The number of hydrogen-bond donors (Lipinski definition) is 1. The van der Waals surface area contributed by atoms with Crippen LogP contribution in [0, 0.1) is 13.8 Å². The van der Waals surface area contributed by atoms with Crippen molar-refractivity contribution < 1.29 is 18.0 Å². The Labute approximate surface area is 224 Å². The number of nitrogens with one attached hydrogen (secondary N) is 1. The lowest BCUT2D eigenvalue weighted by atomic mass is 10.1. The summed E-state index contributed by atoms with van der Waals surface area (Å²) in [4.78, 5) is 28.1. The van der Waals surface area contributed by atoms with Gasteiger partial charge in [0.2, 0.25) is 11.8 Å². The molecule has 1 N–H and O–H groups in total. The first-order valence-corrected chi connectivity index (χ1v) is 13.8. The molecule has 0 fully saturated rings. The minimum atomic E-state index is -4.09. The highest BCUT2D eigenvalue weighted by Crippen LogP contribution is 2.27. The van der Waals surface area contributed by atoms with Crippen molar-refractivity contribution >= 4 is 39.1 Å². The molecule has 1 atom stereocenters. The van der Waals surface area contributed by atoms with Gasteiger partial charge in [-0.05, 0) is 73.4 Å². The van der Waals surface area contributed by atoms with Crippen molar-refractivity contribution in [3.05, 3.63) is 94.5 Å². The van der Waals surface area contributed by atoms with Gasteiger partial charge in [0.1, 0.15) is 12.6 Å². The Kier molecular flexibility index (Phi) is 9.34. The molecule has 0 spiro atoms. The lowest BCUT2D eigenvalue weighted by Gasteiger charge is -2.33. The van der Waals surface area contributed by atoms with E-state index in [1.165, 1.54) is 24.1 Å². The molecule has 3 aromatic rings. The first kappa shape index (κ1) is 28.2. The summed E-state index contributed by atoms with van der Waals surface area (Å²) in [6, 6.07) is 19.6. The van der Waals surface area contributed by atoms with Gasteiger partial charge in [0.05, 0.1) is 10.6 Å². The maximum absolute atomic E-state index is 13.9. The molecule has 37 heavy (non-hydrogen) atoms. The lowest BCUT2D eigenvalue weighted by Crippen LogP contribution is -2.51. The van der Waals surface area contributed by atoms with Crippen LogP contribution in [-0.2, 0) is 26.2 Å². The maximum Gasteiger partial charge on any atom is 0.264 e. The van der Waals surface area contributed by atoms with E-state index in [0.29, 0.717) is 17.1 Å². The Hall–Kier alpha value is -3.36. The third-order valence-electron chi connectivity index (χ3n) is 6.00. The highest BCUT2D eigenvalue weighted by molar-refractivity contribution is 7.92. The Morgan fingerprint density at radius 2 is 1.54 bits per heavy atom. The second-order valence-electron chi connectivity index (χ2n) is 8.86. The molecule has 0 aliphatic rings. The van der Waals surface area contributed by atoms with Crippen LogP contribution in [0.15, 0.2) is 77.7 Å². The summed E-state index contributed by atoms with van der Waals surface area (Å²) in [6.07, 6.45) is 0.355. The Morgan fingerprint density at radius 1 is 0.946 bits per heavy atom. The van der Waals surface area contributed by atoms with Crippen molar-refractivity contribution in [2.24, 2.45) is 0 Å². The number of benzene rings is 3. The van der Waals surface area contributed by atoms with Crippen LogP contribution >= 0.6 is 11.6 Å². The number of rotatable bonds is 10. The lowest BCUT2D eigenvalue weighted by molar-refractivity contribution is -0.140. The van der Waals surface area contributed by atoms with Crippen LogP contribution in [0.1, 0.15) is 30.0 Å². The molecule has 9 heteroatoms. The van der Waals surface area contributed by atoms with Crippen LogP contribution < -0.4 is 9.62 Å². The van der Waals surface area contributed by atoms with Crippen LogP contribution in [0.4, 0.5) is 5.69 Å². The smallest absolute Gasteiger partial charge is 0.264 e. The molecule has 0 radical (unpaired) electrons. The second kappa shape index (κ2) is 12.3. The van der Waals surface area contributed by atoms with Crippen molar-refractivity contribution in [1.82, 2.24) is 10.2 Å².